The third-order valence-electron chi connectivity index (χ3n) is 4.24. The molecule has 21 heavy (non-hydrogen) atoms. The van der Waals surface area contributed by atoms with Crippen LogP contribution in [-0.4, -0.2) is 12.7 Å². The Labute approximate surface area is 126 Å². The van der Waals surface area contributed by atoms with Gasteiger partial charge in [-0.15, -0.1) is 0 Å². The normalized spacial score (nSPS) is 21.6. The number of hydrogen-bond acceptors (Lipinski definition) is 2. The minimum Gasteiger partial charge on any atom is -0.371 e. The molecule has 2 nitrogen and oxygen atoms in total. The molecule has 2 aromatic carbocycles. The molecule has 0 radical (unpaired) electrons. The molecule has 0 N–H and O–H groups in total. The molecule has 0 spiro atoms. The van der Waals surface area contributed by atoms with Crippen molar-refractivity contribution in [2.45, 2.75) is 39.1 Å². The van der Waals surface area contributed by atoms with Gasteiger partial charge < -0.3 is 9.47 Å². The maximum atomic E-state index is 6.08. The molecule has 2 heteroatoms. The van der Waals surface area contributed by atoms with Crippen molar-refractivity contribution in [2.75, 3.05) is 6.61 Å². The summed E-state index contributed by atoms with van der Waals surface area (Å²) in [6, 6.07) is 16.8. The number of ether oxygens (including phenoxy) is 2. The van der Waals surface area contributed by atoms with Gasteiger partial charge in [-0.3, -0.25) is 0 Å². The first-order valence-electron chi connectivity index (χ1n) is 7.57. The average Bonchev–Trinajstić information content (AvgIpc) is 2.97. The Balaban J connectivity index is 1.58. The largest absolute Gasteiger partial charge is 0.371 e. The molecule has 2 atom stereocenters. The van der Waals surface area contributed by atoms with Gasteiger partial charge in [-0.25, -0.2) is 0 Å². The summed E-state index contributed by atoms with van der Waals surface area (Å²) in [4.78, 5) is 0. The quantitative estimate of drug-likeness (QED) is 0.830. The molecule has 1 saturated heterocycles. The molecule has 0 saturated carbocycles. The Morgan fingerprint density at radius 2 is 1.71 bits per heavy atom. The van der Waals surface area contributed by atoms with Crippen molar-refractivity contribution in [3.05, 3.63) is 70.8 Å². The Hall–Kier alpha value is -1.64. The molecule has 0 aromatic heterocycles. The van der Waals surface area contributed by atoms with Crippen LogP contribution < -0.4 is 0 Å². The fourth-order valence-corrected chi connectivity index (χ4v) is 2.89. The molecule has 2 unspecified atom stereocenters. The maximum Gasteiger partial charge on any atom is 0.0851 e. The zero-order chi connectivity index (χ0) is 14.7. The van der Waals surface area contributed by atoms with Crippen LogP contribution in [0, 0.1) is 13.8 Å². The third kappa shape index (κ3) is 3.34. The van der Waals surface area contributed by atoms with Crippen LogP contribution in [0.4, 0.5) is 0 Å². The molecular weight excluding hydrogens is 260 g/mol. The molecule has 1 aliphatic heterocycles. The average molecular weight is 282 g/mol. The lowest BCUT2D eigenvalue weighted by atomic mass is 10.0. The van der Waals surface area contributed by atoms with Gasteiger partial charge in [0.25, 0.3) is 0 Å². The summed E-state index contributed by atoms with van der Waals surface area (Å²) in [5.41, 5.74) is 5.15. The molecule has 0 aliphatic carbocycles. The molecule has 0 amide bonds. The van der Waals surface area contributed by atoms with Gasteiger partial charge in [0.15, 0.2) is 0 Å². The van der Waals surface area contributed by atoms with Crippen LogP contribution in [0.3, 0.4) is 0 Å². The molecular formula is C19H22O2. The summed E-state index contributed by atoms with van der Waals surface area (Å²) in [6.07, 6.45) is 1.30. The van der Waals surface area contributed by atoms with Gasteiger partial charge in [0, 0.05) is 6.42 Å². The van der Waals surface area contributed by atoms with Crippen LogP contribution in [0.5, 0.6) is 0 Å². The van der Waals surface area contributed by atoms with Gasteiger partial charge >= 0.3 is 0 Å². The minimum absolute atomic E-state index is 0.175. The summed E-state index contributed by atoms with van der Waals surface area (Å²) >= 11 is 0. The first kappa shape index (κ1) is 14.3. The summed E-state index contributed by atoms with van der Waals surface area (Å²) in [7, 11) is 0. The second-order valence-electron chi connectivity index (χ2n) is 5.77. The lowest BCUT2D eigenvalue weighted by Crippen LogP contribution is -2.13. The van der Waals surface area contributed by atoms with Gasteiger partial charge in [0.05, 0.1) is 25.4 Å². The second kappa shape index (κ2) is 6.42. The van der Waals surface area contributed by atoms with Gasteiger partial charge in [0.1, 0.15) is 0 Å². The topological polar surface area (TPSA) is 18.5 Å². The van der Waals surface area contributed by atoms with E-state index < -0.39 is 0 Å². The predicted molar refractivity (Wildman–Crippen MR) is 84.2 cm³/mol. The number of hydrogen-bond donors (Lipinski definition) is 0. The Morgan fingerprint density at radius 3 is 2.43 bits per heavy atom. The maximum absolute atomic E-state index is 6.08. The van der Waals surface area contributed by atoms with E-state index in [0.717, 1.165) is 6.42 Å². The minimum atomic E-state index is 0.175. The SMILES string of the molecule is Cc1cccc(C)c1COC1COC(c2ccccc2)C1. The highest BCUT2D eigenvalue weighted by Gasteiger charge is 2.27. The van der Waals surface area contributed by atoms with Crippen LogP contribution >= 0.6 is 0 Å². The first-order valence-corrected chi connectivity index (χ1v) is 7.57. The molecule has 1 fully saturated rings. The fourth-order valence-electron chi connectivity index (χ4n) is 2.89. The number of aryl methyl sites for hydroxylation is 2. The van der Waals surface area contributed by atoms with Crippen molar-refractivity contribution in [3.63, 3.8) is 0 Å². The van der Waals surface area contributed by atoms with E-state index in [9.17, 15) is 0 Å². The van der Waals surface area contributed by atoms with Crippen LogP contribution in [0.1, 0.15) is 34.8 Å². The number of benzene rings is 2. The third-order valence-corrected chi connectivity index (χ3v) is 4.24. The predicted octanol–water partition coefficient (Wildman–Crippen LogP) is 4.35. The molecule has 0 bridgehead atoms. The Kier molecular flexibility index (Phi) is 4.37. The summed E-state index contributed by atoms with van der Waals surface area (Å²) in [5, 5.41) is 0. The van der Waals surface area contributed by atoms with Crippen LogP contribution in [-0.2, 0) is 16.1 Å². The van der Waals surface area contributed by atoms with Crippen molar-refractivity contribution < 1.29 is 9.47 Å². The van der Waals surface area contributed by atoms with E-state index in [1.807, 2.05) is 6.07 Å². The van der Waals surface area contributed by atoms with E-state index in [2.05, 4.69) is 56.3 Å². The van der Waals surface area contributed by atoms with Gasteiger partial charge in [0.2, 0.25) is 0 Å². The zero-order valence-corrected chi connectivity index (χ0v) is 12.7. The van der Waals surface area contributed by atoms with E-state index in [1.54, 1.807) is 0 Å². The van der Waals surface area contributed by atoms with Gasteiger partial charge in [-0.1, -0.05) is 48.5 Å². The molecule has 2 aromatic rings. The molecule has 1 aliphatic rings. The van der Waals surface area contributed by atoms with Gasteiger partial charge in [-0.05, 0) is 36.1 Å². The highest BCUT2D eigenvalue weighted by atomic mass is 16.5. The second-order valence-corrected chi connectivity index (χ2v) is 5.77. The van der Waals surface area contributed by atoms with Crippen molar-refractivity contribution in [2.24, 2.45) is 0 Å². The van der Waals surface area contributed by atoms with E-state index in [1.165, 1.54) is 22.3 Å². The fraction of sp³-hybridized carbons (Fsp3) is 0.368. The lowest BCUT2D eigenvalue weighted by molar-refractivity contribution is 0.0271. The highest BCUT2D eigenvalue weighted by molar-refractivity contribution is 5.32. The van der Waals surface area contributed by atoms with Crippen LogP contribution in [0.25, 0.3) is 0 Å². The first-order chi connectivity index (χ1) is 10.2. The number of rotatable bonds is 4. The zero-order valence-electron chi connectivity index (χ0n) is 12.7. The summed E-state index contributed by atoms with van der Waals surface area (Å²) < 4.78 is 12.0. The lowest BCUT2D eigenvalue weighted by Gasteiger charge is -2.14. The van der Waals surface area contributed by atoms with E-state index in [4.69, 9.17) is 9.47 Å². The van der Waals surface area contributed by atoms with E-state index >= 15 is 0 Å². The van der Waals surface area contributed by atoms with Crippen LogP contribution in [0.2, 0.25) is 0 Å². The van der Waals surface area contributed by atoms with Crippen LogP contribution in [0.15, 0.2) is 48.5 Å². The molecule has 3 rings (SSSR count). The molecule has 110 valence electrons. The van der Waals surface area contributed by atoms with E-state index in [0.29, 0.717) is 13.2 Å². The summed E-state index contributed by atoms with van der Waals surface area (Å²) in [5.74, 6) is 0. The Morgan fingerprint density at radius 1 is 1.00 bits per heavy atom. The van der Waals surface area contributed by atoms with Gasteiger partial charge in [-0.2, -0.15) is 0 Å². The highest BCUT2D eigenvalue weighted by Crippen LogP contribution is 2.30. The van der Waals surface area contributed by atoms with Crippen molar-refractivity contribution in [1.82, 2.24) is 0 Å². The Bertz CT molecular complexity index is 572. The smallest absolute Gasteiger partial charge is 0.0851 e. The van der Waals surface area contributed by atoms with Crippen molar-refractivity contribution >= 4 is 0 Å². The van der Waals surface area contributed by atoms with E-state index in [-0.39, 0.29) is 12.2 Å². The monoisotopic (exact) mass is 282 g/mol. The summed E-state index contributed by atoms with van der Waals surface area (Å²) in [6.45, 7) is 5.64. The van der Waals surface area contributed by atoms with Crippen molar-refractivity contribution in [1.29, 1.82) is 0 Å². The molecule has 1 heterocycles. The standard InChI is InChI=1S/C19H22O2/c1-14-7-6-8-15(2)18(14)13-20-17-11-19(21-12-17)16-9-4-3-5-10-16/h3-10,17,19H,11-13H2,1-2H3. The van der Waals surface area contributed by atoms with Crippen molar-refractivity contribution in [3.8, 4) is 0 Å².